The number of halogens is 1. The third kappa shape index (κ3) is 4.73. The normalized spacial score (nSPS) is 10.6. The van der Waals surface area contributed by atoms with Crippen LogP contribution in [0.4, 0.5) is 4.39 Å². The van der Waals surface area contributed by atoms with E-state index in [0.29, 0.717) is 36.4 Å². The monoisotopic (exact) mass is 368 g/mol. The van der Waals surface area contributed by atoms with Crippen LogP contribution in [0.1, 0.15) is 32.9 Å². The molecule has 0 fully saturated rings. The fourth-order valence-corrected chi connectivity index (χ4v) is 2.68. The van der Waals surface area contributed by atoms with Gasteiger partial charge in [0.25, 0.3) is 5.91 Å². The van der Waals surface area contributed by atoms with Gasteiger partial charge < -0.3 is 14.6 Å². The van der Waals surface area contributed by atoms with Crippen molar-refractivity contribution in [3.05, 3.63) is 82.5 Å². The highest BCUT2D eigenvalue weighted by molar-refractivity contribution is 5.94. The lowest BCUT2D eigenvalue weighted by atomic mass is 10.1. The molecule has 0 aliphatic rings. The Bertz CT molecular complexity index is 900. The zero-order chi connectivity index (χ0) is 19.2. The van der Waals surface area contributed by atoms with Gasteiger partial charge in [0.1, 0.15) is 23.9 Å². The van der Waals surface area contributed by atoms with E-state index in [1.807, 2.05) is 13.8 Å². The van der Waals surface area contributed by atoms with Crippen LogP contribution in [0.2, 0.25) is 0 Å². The molecular formula is C21H21FN2O3. The van der Waals surface area contributed by atoms with E-state index in [4.69, 9.17) is 9.26 Å². The number of rotatable bonds is 7. The van der Waals surface area contributed by atoms with Gasteiger partial charge in [0.05, 0.1) is 11.3 Å². The first-order valence-electron chi connectivity index (χ1n) is 8.71. The summed E-state index contributed by atoms with van der Waals surface area (Å²) in [5, 5.41) is 6.69. The molecule has 1 aromatic heterocycles. The first kappa shape index (κ1) is 18.6. The third-order valence-electron chi connectivity index (χ3n) is 4.32. The second-order valence-corrected chi connectivity index (χ2v) is 6.21. The van der Waals surface area contributed by atoms with Gasteiger partial charge in [-0.15, -0.1) is 0 Å². The van der Waals surface area contributed by atoms with E-state index < -0.39 is 0 Å². The molecule has 0 unspecified atom stereocenters. The molecule has 0 aliphatic heterocycles. The average molecular weight is 368 g/mol. The summed E-state index contributed by atoms with van der Waals surface area (Å²) < 4.78 is 24.4. The summed E-state index contributed by atoms with van der Waals surface area (Å²) in [4.78, 5) is 12.2. The first-order chi connectivity index (χ1) is 13.0. The Balaban J connectivity index is 1.50. The predicted octanol–water partition coefficient (Wildman–Crippen LogP) is 3.98. The molecule has 27 heavy (non-hydrogen) atoms. The molecule has 2 aromatic carbocycles. The fraction of sp³-hybridized carbons (Fsp3) is 0.238. The summed E-state index contributed by atoms with van der Waals surface area (Å²) in [5.41, 5.74) is 2.83. The number of aryl methyl sites for hydroxylation is 2. The number of hydrogen-bond acceptors (Lipinski definition) is 4. The van der Waals surface area contributed by atoms with Crippen molar-refractivity contribution in [1.29, 1.82) is 0 Å². The lowest BCUT2D eigenvalue weighted by molar-refractivity contribution is 0.0954. The second-order valence-electron chi connectivity index (χ2n) is 6.21. The quantitative estimate of drug-likeness (QED) is 0.685. The van der Waals surface area contributed by atoms with Crippen LogP contribution >= 0.6 is 0 Å². The highest BCUT2D eigenvalue weighted by Crippen LogP contribution is 2.18. The van der Waals surface area contributed by atoms with Gasteiger partial charge in [0.2, 0.25) is 0 Å². The van der Waals surface area contributed by atoms with Crippen LogP contribution in [0.5, 0.6) is 5.75 Å². The number of nitrogens with zero attached hydrogens (tertiary/aromatic N) is 1. The second kappa shape index (κ2) is 8.49. The summed E-state index contributed by atoms with van der Waals surface area (Å²) >= 11 is 0. The van der Waals surface area contributed by atoms with Crippen molar-refractivity contribution in [1.82, 2.24) is 10.5 Å². The molecule has 3 rings (SSSR count). The van der Waals surface area contributed by atoms with E-state index >= 15 is 0 Å². The number of amides is 1. The zero-order valence-corrected chi connectivity index (χ0v) is 15.3. The van der Waals surface area contributed by atoms with Crippen LogP contribution in [0.3, 0.4) is 0 Å². The smallest absolute Gasteiger partial charge is 0.251 e. The molecule has 0 saturated heterocycles. The van der Waals surface area contributed by atoms with Crippen molar-refractivity contribution in [2.24, 2.45) is 0 Å². The highest BCUT2D eigenvalue weighted by atomic mass is 19.1. The maximum absolute atomic E-state index is 13.6. The molecule has 140 valence electrons. The van der Waals surface area contributed by atoms with E-state index in [2.05, 4.69) is 10.5 Å². The Labute approximate surface area is 157 Å². The molecule has 0 bridgehead atoms. The Morgan fingerprint density at radius 1 is 1.15 bits per heavy atom. The molecular weight excluding hydrogens is 347 g/mol. The molecule has 5 nitrogen and oxygen atoms in total. The summed E-state index contributed by atoms with van der Waals surface area (Å²) in [6.45, 7) is 4.43. The Kier molecular flexibility index (Phi) is 5.86. The minimum Gasteiger partial charge on any atom is -0.489 e. The van der Waals surface area contributed by atoms with Gasteiger partial charge in [-0.05, 0) is 56.2 Å². The van der Waals surface area contributed by atoms with Gasteiger partial charge in [-0.25, -0.2) is 4.39 Å². The van der Waals surface area contributed by atoms with Crippen molar-refractivity contribution < 1.29 is 18.4 Å². The van der Waals surface area contributed by atoms with Gasteiger partial charge in [0, 0.05) is 12.1 Å². The van der Waals surface area contributed by atoms with Crippen LogP contribution in [-0.2, 0) is 13.0 Å². The number of hydrogen-bond donors (Lipinski definition) is 1. The van der Waals surface area contributed by atoms with Crippen molar-refractivity contribution in [2.75, 3.05) is 6.54 Å². The SMILES string of the molecule is Cc1noc(C)c1COc1ccc(C(=O)NCCc2ccccc2F)cc1. The van der Waals surface area contributed by atoms with E-state index in [1.54, 1.807) is 42.5 Å². The van der Waals surface area contributed by atoms with Crippen LogP contribution in [0, 0.1) is 19.7 Å². The standard InChI is InChI=1S/C21H21FN2O3/c1-14-19(15(2)27-24-14)13-26-18-9-7-17(8-10-18)21(25)23-12-11-16-5-3-4-6-20(16)22/h3-10H,11-13H2,1-2H3,(H,23,25). The maximum Gasteiger partial charge on any atom is 0.251 e. The Morgan fingerprint density at radius 2 is 1.89 bits per heavy atom. The van der Waals surface area contributed by atoms with E-state index in [1.165, 1.54) is 6.07 Å². The van der Waals surface area contributed by atoms with Gasteiger partial charge in [-0.2, -0.15) is 0 Å². The van der Waals surface area contributed by atoms with Crippen molar-refractivity contribution >= 4 is 5.91 Å². The molecule has 0 aliphatic carbocycles. The van der Waals surface area contributed by atoms with Crippen LogP contribution in [0.15, 0.2) is 53.1 Å². The number of ether oxygens (including phenoxy) is 1. The first-order valence-corrected chi connectivity index (χ1v) is 8.71. The summed E-state index contributed by atoms with van der Waals surface area (Å²) in [6.07, 6.45) is 0.442. The molecule has 1 heterocycles. The number of aromatic nitrogens is 1. The molecule has 0 atom stereocenters. The minimum atomic E-state index is -0.258. The van der Waals surface area contributed by atoms with Crippen molar-refractivity contribution in [2.45, 2.75) is 26.9 Å². The number of carbonyl (C=O) groups is 1. The molecule has 3 aromatic rings. The summed E-state index contributed by atoms with van der Waals surface area (Å²) in [5.74, 6) is 0.923. The number of benzene rings is 2. The largest absolute Gasteiger partial charge is 0.489 e. The molecule has 1 N–H and O–H groups in total. The third-order valence-corrected chi connectivity index (χ3v) is 4.32. The average Bonchev–Trinajstić information content (AvgIpc) is 3.00. The Hall–Kier alpha value is -3.15. The number of nitrogens with one attached hydrogen (secondary N) is 1. The lowest BCUT2D eigenvalue weighted by Gasteiger charge is -2.08. The van der Waals surface area contributed by atoms with Gasteiger partial charge in [-0.1, -0.05) is 23.4 Å². The van der Waals surface area contributed by atoms with E-state index in [-0.39, 0.29) is 11.7 Å². The van der Waals surface area contributed by atoms with Crippen LogP contribution < -0.4 is 10.1 Å². The predicted molar refractivity (Wildman–Crippen MR) is 99.2 cm³/mol. The van der Waals surface area contributed by atoms with Gasteiger partial charge in [0.15, 0.2) is 0 Å². The molecule has 1 amide bonds. The summed E-state index contributed by atoms with van der Waals surface area (Å²) in [6, 6.07) is 13.4. The van der Waals surface area contributed by atoms with Crippen LogP contribution in [0.25, 0.3) is 0 Å². The van der Waals surface area contributed by atoms with Crippen molar-refractivity contribution in [3.63, 3.8) is 0 Å². The highest BCUT2D eigenvalue weighted by Gasteiger charge is 2.10. The fourth-order valence-electron chi connectivity index (χ4n) is 2.68. The molecule has 0 saturated carbocycles. The molecule has 6 heteroatoms. The lowest BCUT2D eigenvalue weighted by Crippen LogP contribution is -2.25. The minimum absolute atomic E-state index is 0.205. The van der Waals surface area contributed by atoms with Gasteiger partial charge in [-0.3, -0.25) is 4.79 Å². The Morgan fingerprint density at radius 3 is 2.56 bits per heavy atom. The molecule has 0 spiro atoms. The van der Waals surface area contributed by atoms with E-state index in [0.717, 1.165) is 17.0 Å². The topological polar surface area (TPSA) is 64.4 Å². The maximum atomic E-state index is 13.6. The summed E-state index contributed by atoms with van der Waals surface area (Å²) in [7, 11) is 0. The van der Waals surface area contributed by atoms with E-state index in [9.17, 15) is 9.18 Å². The number of carbonyl (C=O) groups excluding carboxylic acids is 1. The van der Waals surface area contributed by atoms with Crippen molar-refractivity contribution in [3.8, 4) is 5.75 Å². The molecule has 0 radical (unpaired) electrons. The van der Waals surface area contributed by atoms with Gasteiger partial charge >= 0.3 is 0 Å². The zero-order valence-electron chi connectivity index (χ0n) is 15.3. The van der Waals surface area contributed by atoms with Crippen LogP contribution in [-0.4, -0.2) is 17.6 Å².